The van der Waals surface area contributed by atoms with Crippen molar-refractivity contribution in [1.29, 1.82) is 0 Å². The van der Waals surface area contributed by atoms with Crippen molar-refractivity contribution in [2.24, 2.45) is 0 Å². The molecule has 3 rings (SSSR count). The first-order valence-electron chi connectivity index (χ1n) is 6.77. The smallest absolute Gasteiger partial charge is 0.321 e. The first-order valence-corrected chi connectivity index (χ1v) is 8.70. The zero-order valence-corrected chi connectivity index (χ0v) is 13.9. The topological polar surface area (TPSA) is 62.7 Å². The molecule has 1 fully saturated rings. The Labute approximate surface area is 136 Å². The zero-order chi connectivity index (χ0) is 15.7. The first-order chi connectivity index (χ1) is 10.6. The van der Waals surface area contributed by atoms with Crippen LogP contribution in [-0.4, -0.2) is 46.9 Å². The molecule has 1 unspecified atom stereocenters. The van der Waals surface area contributed by atoms with Gasteiger partial charge in [0.15, 0.2) is 0 Å². The van der Waals surface area contributed by atoms with E-state index in [1.165, 1.54) is 0 Å². The van der Waals surface area contributed by atoms with E-state index in [0.717, 1.165) is 22.0 Å². The lowest BCUT2D eigenvalue weighted by Gasteiger charge is -2.20. The van der Waals surface area contributed by atoms with Crippen molar-refractivity contribution in [3.63, 3.8) is 0 Å². The number of hydrogen-bond donors (Lipinski definition) is 1. The standard InChI is InChI=1S/C15H16N2O3S2/c1-17-11(15(18)19)8-22-14(17)10-7-21-13(16-10)9-5-3-4-6-12(9)20-2/h3-7,11,14H,8H2,1-2H3,(H,18,19)/t11-,14?/m0/s1. The van der Waals surface area contributed by atoms with Crippen molar-refractivity contribution >= 4 is 29.1 Å². The molecule has 0 saturated carbocycles. The summed E-state index contributed by atoms with van der Waals surface area (Å²) in [6.07, 6.45) is 0. The third-order valence-corrected chi connectivity index (χ3v) is 5.96. The van der Waals surface area contributed by atoms with Crippen LogP contribution in [0.2, 0.25) is 0 Å². The van der Waals surface area contributed by atoms with Crippen molar-refractivity contribution in [1.82, 2.24) is 9.88 Å². The van der Waals surface area contributed by atoms with Crippen LogP contribution in [0.15, 0.2) is 29.6 Å². The van der Waals surface area contributed by atoms with Gasteiger partial charge in [-0.1, -0.05) is 12.1 Å². The number of likely N-dealkylation sites (N-methyl/N-ethyl adjacent to an activating group) is 1. The highest BCUT2D eigenvalue weighted by atomic mass is 32.2. The number of thiazole rings is 1. The molecule has 2 heterocycles. The number of hydrogen-bond acceptors (Lipinski definition) is 6. The molecule has 1 aromatic carbocycles. The lowest BCUT2D eigenvalue weighted by molar-refractivity contribution is -0.141. The molecule has 0 spiro atoms. The monoisotopic (exact) mass is 336 g/mol. The number of aromatic nitrogens is 1. The van der Waals surface area contributed by atoms with Gasteiger partial charge in [-0.3, -0.25) is 9.69 Å². The minimum atomic E-state index is -0.780. The van der Waals surface area contributed by atoms with E-state index in [0.29, 0.717) is 5.75 Å². The number of ether oxygens (including phenoxy) is 1. The van der Waals surface area contributed by atoms with Crippen molar-refractivity contribution in [2.45, 2.75) is 11.4 Å². The summed E-state index contributed by atoms with van der Waals surface area (Å²) in [5.41, 5.74) is 1.86. The van der Waals surface area contributed by atoms with E-state index < -0.39 is 12.0 Å². The molecule has 1 aliphatic rings. The number of carbonyl (C=O) groups is 1. The minimum absolute atomic E-state index is 0.0131. The van der Waals surface area contributed by atoms with Crippen molar-refractivity contribution < 1.29 is 14.6 Å². The molecule has 22 heavy (non-hydrogen) atoms. The molecule has 5 nitrogen and oxygen atoms in total. The van der Waals surface area contributed by atoms with Crippen molar-refractivity contribution in [3.05, 3.63) is 35.3 Å². The molecule has 116 valence electrons. The molecular weight excluding hydrogens is 320 g/mol. The summed E-state index contributed by atoms with van der Waals surface area (Å²) >= 11 is 3.17. The van der Waals surface area contributed by atoms with E-state index in [-0.39, 0.29) is 5.37 Å². The summed E-state index contributed by atoms with van der Waals surface area (Å²) in [6, 6.07) is 7.32. The van der Waals surface area contributed by atoms with Gasteiger partial charge in [0.2, 0.25) is 0 Å². The SMILES string of the molecule is COc1ccccc1-c1nc(C2SC[C@@H](C(=O)O)N2C)cs1. The molecule has 1 aromatic heterocycles. The fourth-order valence-electron chi connectivity index (χ4n) is 2.46. The van der Waals surface area contributed by atoms with Crippen molar-refractivity contribution in [2.75, 3.05) is 19.9 Å². The van der Waals surface area contributed by atoms with Gasteiger partial charge < -0.3 is 9.84 Å². The Morgan fingerprint density at radius 2 is 2.23 bits per heavy atom. The van der Waals surface area contributed by atoms with Crippen LogP contribution in [0, 0.1) is 0 Å². The Hall–Kier alpha value is -1.57. The van der Waals surface area contributed by atoms with Gasteiger partial charge in [-0.05, 0) is 19.2 Å². The summed E-state index contributed by atoms with van der Waals surface area (Å²) in [5, 5.41) is 12.1. The van der Waals surface area contributed by atoms with Crippen LogP contribution in [0.25, 0.3) is 10.6 Å². The second-order valence-corrected chi connectivity index (χ2v) is 6.95. The lowest BCUT2D eigenvalue weighted by atomic mass is 10.2. The molecular formula is C15H16N2O3S2. The number of thioether (sulfide) groups is 1. The van der Waals surface area contributed by atoms with Gasteiger partial charge in [-0.25, -0.2) is 4.98 Å². The van der Waals surface area contributed by atoms with Gasteiger partial charge in [-0.2, -0.15) is 0 Å². The minimum Gasteiger partial charge on any atom is -0.496 e. The Morgan fingerprint density at radius 3 is 2.91 bits per heavy atom. The highest BCUT2D eigenvalue weighted by Crippen LogP contribution is 2.42. The van der Waals surface area contributed by atoms with Crippen LogP contribution in [0.4, 0.5) is 0 Å². The second kappa shape index (κ2) is 6.28. The largest absolute Gasteiger partial charge is 0.496 e. The molecule has 1 N–H and O–H groups in total. The molecule has 0 aliphatic carbocycles. The zero-order valence-electron chi connectivity index (χ0n) is 12.2. The lowest BCUT2D eigenvalue weighted by Crippen LogP contribution is -2.35. The van der Waals surface area contributed by atoms with Gasteiger partial charge in [0.05, 0.1) is 18.4 Å². The molecule has 7 heteroatoms. The van der Waals surface area contributed by atoms with E-state index in [1.54, 1.807) is 30.2 Å². The predicted octanol–water partition coefficient (Wildman–Crippen LogP) is 2.95. The summed E-state index contributed by atoms with van der Waals surface area (Å²) in [6.45, 7) is 0. The fourth-order valence-corrected chi connectivity index (χ4v) is 4.83. The highest BCUT2D eigenvalue weighted by molar-refractivity contribution is 7.99. The normalized spacial score (nSPS) is 21.9. The number of carboxylic acids is 1. The van der Waals surface area contributed by atoms with E-state index in [9.17, 15) is 9.90 Å². The van der Waals surface area contributed by atoms with Gasteiger partial charge in [0.1, 0.15) is 22.2 Å². The number of para-hydroxylation sites is 1. The molecule has 1 aliphatic heterocycles. The van der Waals surface area contributed by atoms with Crippen LogP contribution in [0.5, 0.6) is 5.75 Å². The summed E-state index contributed by atoms with van der Waals surface area (Å²) in [7, 11) is 3.48. The maximum atomic E-state index is 11.2. The number of carboxylic acid groups (broad SMARTS) is 1. The Kier molecular flexibility index (Phi) is 4.37. The molecule has 0 amide bonds. The summed E-state index contributed by atoms with van der Waals surface area (Å²) in [5.74, 6) is 0.592. The average molecular weight is 336 g/mol. The summed E-state index contributed by atoms with van der Waals surface area (Å²) < 4.78 is 5.38. The van der Waals surface area contributed by atoms with Crippen LogP contribution in [0.1, 0.15) is 11.1 Å². The molecule has 0 bridgehead atoms. The molecule has 0 radical (unpaired) electrons. The van der Waals surface area contributed by atoms with E-state index in [4.69, 9.17) is 9.72 Å². The maximum Gasteiger partial charge on any atom is 0.321 e. The third kappa shape index (κ3) is 2.71. The number of nitrogens with zero attached hydrogens (tertiary/aromatic N) is 2. The van der Waals surface area contributed by atoms with Crippen LogP contribution >= 0.6 is 23.1 Å². The Morgan fingerprint density at radius 1 is 1.45 bits per heavy atom. The Balaban J connectivity index is 1.87. The fraction of sp³-hybridized carbons (Fsp3) is 0.333. The molecule has 1 saturated heterocycles. The van der Waals surface area contributed by atoms with Crippen LogP contribution in [0.3, 0.4) is 0 Å². The van der Waals surface area contributed by atoms with Crippen LogP contribution < -0.4 is 4.74 Å². The number of aliphatic carboxylic acids is 1. The van der Waals surface area contributed by atoms with E-state index in [1.807, 2.05) is 41.6 Å². The van der Waals surface area contributed by atoms with E-state index in [2.05, 4.69) is 0 Å². The highest BCUT2D eigenvalue weighted by Gasteiger charge is 2.37. The van der Waals surface area contributed by atoms with Gasteiger partial charge in [0.25, 0.3) is 0 Å². The molecule has 2 atom stereocenters. The second-order valence-electron chi connectivity index (χ2n) is 4.98. The number of methoxy groups -OCH3 is 1. The van der Waals surface area contributed by atoms with Gasteiger partial charge in [0, 0.05) is 11.1 Å². The van der Waals surface area contributed by atoms with Gasteiger partial charge >= 0.3 is 5.97 Å². The van der Waals surface area contributed by atoms with Crippen LogP contribution in [-0.2, 0) is 4.79 Å². The number of rotatable bonds is 4. The van der Waals surface area contributed by atoms with Gasteiger partial charge in [-0.15, -0.1) is 23.1 Å². The van der Waals surface area contributed by atoms with E-state index >= 15 is 0 Å². The average Bonchev–Trinajstić information content (AvgIpc) is 3.13. The Bertz CT molecular complexity index is 689. The maximum absolute atomic E-state index is 11.2. The van der Waals surface area contributed by atoms with Crippen molar-refractivity contribution in [3.8, 4) is 16.3 Å². The number of benzene rings is 1. The predicted molar refractivity (Wildman–Crippen MR) is 88.5 cm³/mol. The molecule has 2 aromatic rings. The first kappa shape index (κ1) is 15.3. The summed E-state index contributed by atoms with van der Waals surface area (Å²) in [4.78, 5) is 17.8. The third-order valence-electron chi connectivity index (χ3n) is 3.67. The quantitative estimate of drug-likeness (QED) is 0.926.